The number of fused-ring (bicyclic) bond motifs is 1. The van der Waals surface area contributed by atoms with Crippen LogP contribution in [-0.4, -0.2) is 37.1 Å². The molecule has 6 nitrogen and oxygen atoms in total. The molecule has 1 aliphatic rings. The number of hydrogen-bond donors (Lipinski definition) is 3. The third-order valence-corrected chi connectivity index (χ3v) is 4.65. The minimum atomic E-state index is -1.05. The van der Waals surface area contributed by atoms with E-state index in [2.05, 4.69) is 10.6 Å². The molecule has 0 saturated heterocycles. The number of nitrogens with one attached hydrogen (secondary N) is 2. The van der Waals surface area contributed by atoms with E-state index in [9.17, 15) is 14.7 Å². The second kappa shape index (κ2) is 7.58. The average Bonchev–Trinajstić information content (AvgIpc) is 3.02. The topological polar surface area (TPSA) is 87.7 Å². The van der Waals surface area contributed by atoms with Gasteiger partial charge in [-0.05, 0) is 42.2 Å². The summed E-state index contributed by atoms with van der Waals surface area (Å²) < 4.78 is 5.08. The highest BCUT2D eigenvalue weighted by molar-refractivity contribution is 5.96. The number of aryl methyl sites for hydroxylation is 1. The van der Waals surface area contributed by atoms with Crippen LogP contribution in [0.15, 0.2) is 48.5 Å². The zero-order valence-electron chi connectivity index (χ0n) is 14.6. The molecule has 0 heterocycles. The second-order valence-corrected chi connectivity index (χ2v) is 6.38. The number of ether oxygens (including phenoxy) is 1. The Morgan fingerprint density at radius 1 is 1.15 bits per heavy atom. The van der Waals surface area contributed by atoms with Crippen LogP contribution >= 0.6 is 0 Å². The van der Waals surface area contributed by atoms with Gasteiger partial charge in [0.25, 0.3) is 5.91 Å². The molecule has 2 aromatic rings. The molecule has 6 heteroatoms. The van der Waals surface area contributed by atoms with Gasteiger partial charge in [-0.15, -0.1) is 0 Å². The molecule has 0 bridgehead atoms. The lowest BCUT2D eigenvalue weighted by Crippen LogP contribution is -2.43. The molecule has 3 N–H and O–H groups in total. The molecule has 1 atom stereocenters. The first-order valence-corrected chi connectivity index (χ1v) is 8.51. The first-order chi connectivity index (χ1) is 12.5. The van der Waals surface area contributed by atoms with Crippen LogP contribution < -0.4 is 15.4 Å². The Morgan fingerprint density at radius 2 is 1.96 bits per heavy atom. The maximum Gasteiger partial charge on any atom is 0.251 e. The number of benzene rings is 2. The Morgan fingerprint density at radius 3 is 2.77 bits per heavy atom. The summed E-state index contributed by atoms with van der Waals surface area (Å²) in [5.41, 5.74) is 1.33. The van der Waals surface area contributed by atoms with Crippen LogP contribution in [0.1, 0.15) is 27.9 Å². The first-order valence-electron chi connectivity index (χ1n) is 8.51. The fraction of sp³-hybridized carbons (Fsp3) is 0.300. The van der Waals surface area contributed by atoms with E-state index in [1.807, 2.05) is 24.3 Å². The first kappa shape index (κ1) is 17.9. The molecule has 0 aromatic heterocycles. The van der Waals surface area contributed by atoms with E-state index >= 15 is 0 Å². The van der Waals surface area contributed by atoms with Gasteiger partial charge in [0.1, 0.15) is 11.4 Å². The summed E-state index contributed by atoms with van der Waals surface area (Å²) in [6.45, 7) is -0.0361. The minimum Gasteiger partial charge on any atom is -0.497 e. The lowest BCUT2D eigenvalue weighted by Gasteiger charge is -2.24. The molecule has 0 fully saturated rings. The third-order valence-electron chi connectivity index (χ3n) is 4.65. The van der Waals surface area contributed by atoms with Crippen LogP contribution in [0, 0.1) is 0 Å². The zero-order valence-corrected chi connectivity index (χ0v) is 14.6. The number of carbonyl (C=O) groups excluding carboxylic acids is 2. The van der Waals surface area contributed by atoms with Gasteiger partial charge in [0.2, 0.25) is 5.91 Å². The highest BCUT2D eigenvalue weighted by Gasteiger charge is 2.36. The Balaban J connectivity index is 1.51. The molecule has 26 heavy (non-hydrogen) atoms. The van der Waals surface area contributed by atoms with Crippen molar-refractivity contribution in [1.82, 2.24) is 10.6 Å². The molecular formula is C20H22N2O4. The molecular weight excluding hydrogens is 332 g/mol. The predicted octanol–water partition coefficient (Wildman–Crippen LogP) is 1.38. The van der Waals surface area contributed by atoms with Gasteiger partial charge in [0.15, 0.2) is 0 Å². The number of amides is 2. The quantitative estimate of drug-likeness (QED) is 0.731. The minimum absolute atomic E-state index is 0.123. The summed E-state index contributed by atoms with van der Waals surface area (Å²) in [4.78, 5) is 24.2. The zero-order chi connectivity index (χ0) is 18.6. The molecule has 2 aromatic carbocycles. The van der Waals surface area contributed by atoms with Crippen LogP contribution in [0.2, 0.25) is 0 Å². The standard InChI is InChI=1S/C20H22N2O4/c1-26-16-7-4-6-15(11-16)19(24)21-12-18(23)22-13-20(25)10-9-14-5-2-3-8-17(14)20/h2-8,11,25H,9-10,12-13H2,1H3,(H,21,24)(H,22,23). The smallest absolute Gasteiger partial charge is 0.251 e. The van der Waals surface area contributed by atoms with E-state index in [0.29, 0.717) is 17.7 Å². The van der Waals surface area contributed by atoms with Crippen LogP contribution in [0.4, 0.5) is 0 Å². The van der Waals surface area contributed by atoms with E-state index in [-0.39, 0.29) is 24.9 Å². The number of hydrogen-bond acceptors (Lipinski definition) is 4. The molecule has 0 aliphatic heterocycles. The Kier molecular flexibility index (Phi) is 5.23. The monoisotopic (exact) mass is 354 g/mol. The molecule has 136 valence electrons. The van der Waals surface area contributed by atoms with Crippen molar-refractivity contribution in [1.29, 1.82) is 0 Å². The van der Waals surface area contributed by atoms with E-state index in [1.54, 1.807) is 24.3 Å². The lowest BCUT2D eigenvalue weighted by atomic mass is 9.96. The van der Waals surface area contributed by atoms with Crippen molar-refractivity contribution in [2.45, 2.75) is 18.4 Å². The van der Waals surface area contributed by atoms with Gasteiger partial charge >= 0.3 is 0 Å². The van der Waals surface area contributed by atoms with Gasteiger partial charge in [-0.2, -0.15) is 0 Å². The molecule has 1 unspecified atom stereocenters. The van der Waals surface area contributed by atoms with E-state index in [1.165, 1.54) is 7.11 Å². The predicted molar refractivity (Wildman–Crippen MR) is 97.0 cm³/mol. The Bertz CT molecular complexity index is 821. The van der Waals surface area contributed by atoms with E-state index < -0.39 is 5.60 Å². The Hall–Kier alpha value is -2.86. The van der Waals surface area contributed by atoms with Crippen molar-refractivity contribution < 1.29 is 19.4 Å². The fourth-order valence-electron chi connectivity index (χ4n) is 3.19. The maximum atomic E-state index is 12.1. The van der Waals surface area contributed by atoms with E-state index in [0.717, 1.165) is 17.5 Å². The lowest BCUT2D eigenvalue weighted by molar-refractivity contribution is -0.121. The molecule has 0 spiro atoms. The number of methoxy groups -OCH3 is 1. The van der Waals surface area contributed by atoms with Gasteiger partial charge < -0.3 is 20.5 Å². The van der Waals surface area contributed by atoms with Crippen molar-refractivity contribution in [2.24, 2.45) is 0 Å². The number of rotatable bonds is 6. The van der Waals surface area contributed by atoms with Crippen molar-refractivity contribution in [3.63, 3.8) is 0 Å². The van der Waals surface area contributed by atoms with Gasteiger partial charge in [-0.1, -0.05) is 30.3 Å². The average molecular weight is 354 g/mol. The van der Waals surface area contributed by atoms with Crippen LogP contribution in [0.3, 0.4) is 0 Å². The second-order valence-electron chi connectivity index (χ2n) is 6.38. The van der Waals surface area contributed by atoms with Crippen molar-refractivity contribution in [2.75, 3.05) is 20.2 Å². The third kappa shape index (κ3) is 3.86. The molecule has 0 saturated carbocycles. The maximum absolute atomic E-state index is 12.1. The summed E-state index contributed by atoms with van der Waals surface area (Å²) >= 11 is 0. The van der Waals surface area contributed by atoms with Gasteiger partial charge in [-0.25, -0.2) is 0 Å². The summed E-state index contributed by atoms with van der Waals surface area (Å²) in [6.07, 6.45) is 1.36. The highest BCUT2D eigenvalue weighted by Crippen LogP contribution is 2.36. The SMILES string of the molecule is COc1cccc(C(=O)NCC(=O)NCC2(O)CCc3ccccc32)c1. The summed E-state index contributed by atoms with van der Waals surface area (Å²) in [6, 6.07) is 14.4. The highest BCUT2D eigenvalue weighted by atomic mass is 16.5. The van der Waals surface area contributed by atoms with Gasteiger partial charge in [0.05, 0.1) is 20.2 Å². The van der Waals surface area contributed by atoms with E-state index in [4.69, 9.17) is 4.74 Å². The van der Waals surface area contributed by atoms with Crippen LogP contribution in [0.25, 0.3) is 0 Å². The summed E-state index contributed by atoms with van der Waals surface area (Å²) in [5, 5.41) is 16.1. The van der Waals surface area contributed by atoms with Crippen molar-refractivity contribution in [3.05, 3.63) is 65.2 Å². The number of carbonyl (C=O) groups is 2. The molecule has 3 rings (SSSR count). The largest absolute Gasteiger partial charge is 0.497 e. The van der Waals surface area contributed by atoms with Crippen molar-refractivity contribution >= 4 is 11.8 Å². The normalized spacial score (nSPS) is 18.1. The van der Waals surface area contributed by atoms with Gasteiger partial charge in [0, 0.05) is 5.56 Å². The Labute approximate surface area is 152 Å². The molecule has 1 aliphatic carbocycles. The van der Waals surface area contributed by atoms with Crippen LogP contribution in [0.5, 0.6) is 5.75 Å². The van der Waals surface area contributed by atoms with Crippen molar-refractivity contribution in [3.8, 4) is 5.75 Å². The fourth-order valence-corrected chi connectivity index (χ4v) is 3.19. The molecule has 2 amide bonds. The van der Waals surface area contributed by atoms with Gasteiger partial charge in [-0.3, -0.25) is 9.59 Å². The number of aliphatic hydroxyl groups is 1. The summed E-state index contributed by atoms with van der Waals surface area (Å²) in [5.74, 6) is -0.132. The van der Waals surface area contributed by atoms with Crippen LogP contribution in [-0.2, 0) is 16.8 Å². The summed E-state index contributed by atoms with van der Waals surface area (Å²) in [7, 11) is 1.52. The molecule has 0 radical (unpaired) electrons.